The summed E-state index contributed by atoms with van der Waals surface area (Å²) in [4.78, 5) is 11.8. The molecule has 0 fully saturated rings. The summed E-state index contributed by atoms with van der Waals surface area (Å²) in [5, 5.41) is 3.02. The van der Waals surface area contributed by atoms with Gasteiger partial charge < -0.3 is 10.1 Å². The van der Waals surface area contributed by atoms with Crippen LogP contribution in [0.3, 0.4) is 0 Å². The largest absolute Gasteiger partial charge is 0.467 e. The van der Waals surface area contributed by atoms with Gasteiger partial charge in [-0.1, -0.05) is 38.1 Å². The van der Waals surface area contributed by atoms with Crippen LogP contribution >= 0.6 is 0 Å². The van der Waals surface area contributed by atoms with Crippen LogP contribution in [0.4, 0.5) is 0 Å². The minimum absolute atomic E-state index is 0.280. The van der Waals surface area contributed by atoms with Crippen LogP contribution in [0.25, 0.3) is 0 Å². The maximum atomic E-state index is 11.8. The summed E-state index contributed by atoms with van der Waals surface area (Å²) in [6.07, 6.45) is 0. The lowest BCUT2D eigenvalue weighted by Crippen LogP contribution is -2.45. The second-order valence-electron chi connectivity index (χ2n) is 4.64. The Morgan fingerprint density at radius 3 is 2.18 bits per heavy atom. The van der Waals surface area contributed by atoms with E-state index in [2.05, 4.69) is 31.3 Å². The van der Waals surface area contributed by atoms with Crippen molar-refractivity contribution in [2.75, 3.05) is 14.2 Å². The third kappa shape index (κ3) is 2.67. The van der Waals surface area contributed by atoms with E-state index < -0.39 is 5.54 Å². The van der Waals surface area contributed by atoms with Gasteiger partial charge in [0.25, 0.3) is 0 Å². The Labute approximate surface area is 103 Å². The van der Waals surface area contributed by atoms with Gasteiger partial charge in [0.2, 0.25) is 0 Å². The topological polar surface area (TPSA) is 38.3 Å². The zero-order valence-corrected chi connectivity index (χ0v) is 11.2. The van der Waals surface area contributed by atoms with Crippen LogP contribution < -0.4 is 5.32 Å². The normalized spacial score (nSPS) is 14.5. The molecule has 0 spiro atoms. The molecule has 0 aromatic heterocycles. The molecule has 0 saturated heterocycles. The van der Waals surface area contributed by atoms with Gasteiger partial charge in [-0.2, -0.15) is 0 Å². The summed E-state index contributed by atoms with van der Waals surface area (Å²) in [5.41, 5.74) is 1.39. The van der Waals surface area contributed by atoms with Crippen LogP contribution in [0.1, 0.15) is 37.8 Å². The predicted molar refractivity (Wildman–Crippen MR) is 69.0 cm³/mol. The van der Waals surface area contributed by atoms with E-state index in [1.807, 2.05) is 19.1 Å². The first-order valence-electron chi connectivity index (χ1n) is 5.83. The first-order chi connectivity index (χ1) is 7.95. The molecule has 1 N–H and O–H groups in total. The van der Waals surface area contributed by atoms with E-state index in [1.165, 1.54) is 12.7 Å². The molecular formula is C14H21NO2. The minimum Gasteiger partial charge on any atom is -0.467 e. The van der Waals surface area contributed by atoms with Crippen LogP contribution in [-0.4, -0.2) is 20.1 Å². The fourth-order valence-corrected chi connectivity index (χ4v) is 1.77. The second kappa shape index (κ2) is 5.32. The van der Waals surface area contributed by atoms with Gasteiger partial charge in [0.05, 0.1) is 7.11 Å². The number of ether oxygens (including phenoxy) is 1. The first kappa shape index (κ1) is 13.7. The Kier molecular flexibility index (Phi) is 4.29. The molecule has 0 saturated carbocycles. The van der Waals surface area contributed by atoms with Crippen molar-refractivity contribution in [3.05, 3.63) is 35.4 Å². The van der Waals surface area contributed by atoms with Crippen molar-refractivity contribution in [2.45, 2.75) is 32.2 Å². The fraction of sp³-hybridized carbons (Fsp3) is 0.500. The summed E-state index contributed by atoms with van der Waals surface area (Å²) in [5.74, 6) is 0.209. The van der Waals surface area contributed by atoms with Gasteiger partial charge in [0.15, 0.2) is 0 Å². The average molecular weight is 235 g/mol. The second-order valence-corrected chi connectivity index (χ2v) is 4.64. The van der Waals surface area contributed by atoms with Gasteiger partial charge in [0, 0.05) is 0 Å². The Hall–Kier alpha value is -1.35. The summed E-state index contributed by atoms with van der Waals surface area (Å²) in [6.45, 7) is 6.11. The number of hydrogen-bond acceptors (Lipinski definition) is 3. The van der Waals surface area contributed by atoms with Gasteiger partial charge in [-0.25, -0.2) is 4.79 Å². The fourth-order valence-electron chi connectivity index (χ4n) is 1.77. The number of carbonyl (C=O) groups is 1. The lowest BCUT2D eigenvalue weighted by molar-refractivity contribution is -0.148. The Morgan fingerprint density at radius 1 is 1.29 bits per heavy atom. The number of benzene rings is 1. The Morgan fingerprint density at radius 2 is 1.82 bits per heavy atom. The number of methoxy groups -OCH3 is 1. The van der Waals surface area contributed by atoms with E-state index in [9.17, 15) is 4.79 Å². The standard InChI is InChI=1S/C14H21NO2/c1-10(2)11-6-8-12(9-7-11)14(3,15-4)13(16)17-5/h6-10,15H,1-5H3. The Bertz CT molecular complexity index is 384. The maximum absolute atomic E-state index is 11.8. The lowest BCUT2D eigenvalue weighted by atomic mass is 9.90. The maximum Gasteiger partial charge on any atom is 0.330 e. The number of likely N-dealkylation sites (N-methyl/N-ethyl adjacent to an activating group) is 1. The highest BCUT2D eigenvalue weighted by Crippen LogP contribution is 2.24. The van der Waals surface area contributed by atoms with Crippen LogP contribution in [0, 0.1) is 0 Å². The molecule has 17 heavy (non-hydrogen) atoms. The zero-order chi connectivity index (χ0) is 13.1. The van der Waals surface area contributed by atoms with Crippen molar-refractivity contribution in [3.8, 4) is 0 Å². The lowest BCUT2D eigenvalue weighted by Gasteiger charge is -2.26. The SMILES string of the molecule is CNC(C)(C(=O)OC)c1ccc(C(C)C)cc1. The van der Waals surface area contributed by atoms with E-state index in [-0.39, 0.29) is 5.97 Å². The highest BCUT2D eigenvalue weighted by atomic mass is 16.5. The van der Waals surface area contributed by atoms with Crippen molar-refractivity contribution in [3.63, 3.8) is 0 Å². The summed E-state index contributed by atoms with van der Waals surface area (Å²) in [6, 6.07) is 8.06. The van der Waals surface area contributed by atoms with E-state index >= 15 is 0 Å². The van der Waals surface area contributed by atoms with Crippen LogP contribution in [-0.2, 0) is 15.1 Å². The third-order valence-electron chi connectivity index (χ3n) is 3.25. The molecule has 3 nitrogen and oxygen atoms in total. The third-order valence-corrected chi connectivity index (χ3v) is 3.25. The van der Waals surface area contributed by atoms with Gasteiger partial charge in [0.1, 0.15) is 5.54 Å². The molecule has 3 heteroatoms. The van der Waals surface area contributed by atoms with E-state index in [4.69, 9.17) is 4.74 Å². The summed E-state index contributed by atoms with van der Waals surface area (Å²) in [7, 11) is 3.16. The van der Waals surface area contributed by atoms with Gasteiger partial charge in [-0.3, -0.25) is 0 Å². The smallest absolute Gasteiger partial charge is 0.330 e. The first-order valence-corrected chi connectivity index (χ1v) is 5.83. The predicted octanol–water partition coefficient (Wildman–Crippen LogP) is 2.42. The highest BCUT2D eigenvalue weighted by molar-refractivity contribution is 5.82. The molecule has 0 aliphatic heterocycles. The average Bonchev–Trinajstić information content (AvgIpc) is 2.36. The molecule has 0 radical (unpaired) electrons. The highest BCUT2D eigenvalue weighted by Gasteiger charge is 2.34. The summed E-state index contributed by atoms with van der Waals surface area (Å²) >= 11 is 0. The number of hydrogen-bond donors (Lipinski definition) is 1. The molecule has 0 heterocycles. The molecule has 94 valence electrons. The van der Waals surface area contributed by atoms with E-state index in [0.29, 0.717) is 5.92 Å². The van der Waals surface area contributed by atoms with Crippen LogP contribution in [0.5, 0.6) is 0 Å². The molecular weight excluding hydrogens is 214 g/mol. The zero-order valence-electron chi connectivity index (χ0n) is 11.2. The van der Waals surface area contributed by atoms with Crippen molar-refractivity contribution in [1.82, 2.24) is 5.32 Å². The minimum atomic E-state index is -0.787. The molecule has 1 rings (SSSR count). The van der Waals surface area contributed by atoms with Crippen molar-refractivity contribution in [2.24, 2.45) is 0 Å². The quantitative estimate of drug-likeness (QED) is 0.814. The number of nitrogens with one attached hydrogen (secondary N) is 1. The number of carbonyl (C=O) groups excluding carboxylic acids is 1. The van der Waals surface area contributed by atoms with Gasteiger partial charge >= 0.3 is 5.97 Å². The Balaban J connectivity index is 3.09. The van der Waals surface area contributed by atoms with Crippen molar-refractivity contribution in [1.29, 1.82) is 0 Å². The molecule has 1 atom stereocenters. The summed E-state index contributed by atoms with van der Waals surface area (Å²) < 4.78 is 4.84. The number of rotatable bonds is 4. The van der Waals surface area contributed by atoms with E-state index in [1.54, 1.807) is 7.05 Å². The van der Waals surface area contributed by atoms with Gasteiger partial charge in [-0.05, 0) is 31.0 Å². The van der Waals surface area contributed by atoms with Crippen molar-refractivity contribution < 1.29 is 9.53 Å². The van der Waals surface area contributed by atoms with Crippen molar-refractivity contribution >= 4 is 5.97 Å². The molecule has 1 aromatic carbocycles. The van der Waals surface area contributed by atoms with Crippen LogP contribution in [0.15, 0.2) is 24.3 Å². The van der Waals surface area contributed by atoms with Gasteiger partial charge in [-0.15, -0.1) is 0 Å². The molecule has 0 bridgehead atoms. The number of esters is 1. The molecule has 0 amide bonds. The molecule has 1 unspecified atom stereocenters. The molecule has 0 aliphatic rings. The van der Waals surface area contributed by atoms with Crippen LogP contribution in [0.2, 0.25) is 0 Å². The monoisotopic (exact) mass is 235 g/mol. The molecule has 1 aromatic rings. The van der Waals surface area contributed by atoms with E-state index in [0.717, 1.165) is 5.56 Å². The molecule has 0 aliphatic carbocycles.